The molecule has 0 saturated heterocycles. The predicted octanol–water partition coefficient (Wildman–Crippen LogP) is 5.41. The average molecular weight is 455 g/mol. The molecule has 2 aromatic carbocycles. The minimum Gasteiger partial charge on any atom is -0.337 e. The first-order valence-electron chi connectivity index (χ1n) is 10.2. The zero-order valence-electron chi connectivity index (χ0n) is 17.2. The monoisotopic (exact) mass is 454 g/mol. The highest BCUT2D eigenvalue weighted by molar-refractivity contribution is 7.99. The number of anilines is 1. The molecule has 2 heterocycles. The third kappa shape index (κ3) is 5.32. The van der Waals surface area contributed by atoms with Gasteiger partial charge in [0, 0.05) is 30.4 Å². The summed E-state index contributed by atoms with van der Waals surface area (Å²) in [7, 11) is 0. The Morgan fingerprint density at radius 2 is 2.06 bits per heavy atom. The molecule has 0 aliphatic rings. The highest BCUT2D eigenvalue weighted by atomic mass is 32.2. The second kappa shape index (κ2) is 10.1. The van der Waals surface area contributed by atoms with Gasteiger partial charge in [0.05, 0.1) is 17.4 Å². The van der Waals surface area contributed by atoms with Gasteiger partial charge < -0.3 is 4.57 Å². The SMILES string of the molecule is CCSc1ccc(CC(=O)N(CCCn2ccnc2)c2nc3c(F)cccc3s2)cc1. The predicted molar refractivity (Wildman–Crippen MR) is 125 cm³/mol. The fourth-order valence-electron chi connectivity index (χ4n) is 3.32. The van der Waals surface area contributed by atoms with Gasteiger partial charge in [-0.3, -0.25) is 9.69 Å². The highest BCUT2D eigenvalue weighted by Crippen LogP contribution is 2.31. The van der Waals surface area contributed by atoms with Crippen LogP contribution in [-0.2, 0) is 17.8 Å². The van der Waals surface area contributed by atoms with Crippen LogP contribution in [0.25, 0.3) is 10.2 Å². The fourth-order valence-corrected chi connectivity index (χ4v) is 5.00. The molecule has 1 amide bonds. The van der Waals surface area contributed by atoms with Crippen molar-refractivity contribution in [2.75, 3.05) is 17.2 Å². The summed E-state index contributed by atoms with van der Waals surface area (Å²) in [5.41, 5.74) is 1.27. The van der Waals surface area contributed by atoms with Gasteiger partial charge in [0.15, 0.2) is 5.13 Å². The van der Waals surface area contributed by atoms with E-state index in [2.05, 4.69) is 16.9 Å². The first-order valence-corrected chi connectivity index (χ1v) is 12.0. The molecule has 5 nitrogen and oxygen atoms in total. The Labute approximate surface area is 188 Å². The number of imidazole rings is 1. The van der Waals surface area contributed by atoms with Crippen molar-refractivity contribution in [3.8, 4) is 0 Å². The topological polar surface area (TPSA) is 51.0 Å². The quantitative estimate of drug-likeness (QED) is 0.317. The average Bonchev–Trinajstić information content (AvgIpc) is 3.43. The van der Waals surface area contributed by atoms with Gasteiger partial charge in [0.2, 0.25) is 5.91 Å². The minimum atomic E-state index is -0.366. The molecule has 0 unspecified atom stereocenters. The number of nitrogens with zero attached hydrogens (tertiary/aromatic N) is 4. The van der Waals surface area contributed by atoms with E-state index < -0.39 is 0 Å². The van der Waals surface area contributed by atoms with Crippen molar-refractivity contribution in [1.29, 1.82) is 0 Å². The lowest BCUT2D eigenvalue weighted by Crippen LogP contribution is -2.33. The van der Waals surface area contributed by atoms with Crippen molar-refractivity contribution in [3.63, 3.8) is 0 Å². The number of fused-ring (bicyclic) bond motifs is 1. The summed E-state index contributed by atoms with van der Waals surface area (Å²) < 4.78 is 16.9. The molecule has 0 radical (unpaired) electrons. The van der Waals surface area contributed by atoms with E-state index in [4.69, 9.17) is 0 Å². The largest absolute Gasteiger partial charge is 0.337 e. The Bertz CT molecular complexity index is 1140. The molecule has 0 aliphatic heterocycles. The Balaban J connectivity index is 1.54. The molecular formula is C23H23FN4OS2. The van der Waals surface area contributed by atoms with Crippen molar-refractivity contribution in [2.24, 2.45) is 0 Å². The van der Waals surface area contributed by atoms with E-state index in [0.717, 1.165) is 29.0 Å². The second-order valence-corrected chi connectivity index (χ2v) is 9.38. The first-order chi connectivity index (χ1) is 15.1. The van der Waals surface area contributed by atoms with E-state index in [-0.39, 0.29) is 18.1 Å². The van der Waals surface area contributed by atoms with Gasteiger partial charge in [-0.05, 0) is 42.0 Å². The molecule has 8 heteroatoms. The molecule has 160 valence electrons. The van der Waals surface area contributed by atoms with E-state index in [1.54, 1.807) is 35.3 Å². The van der Waals surface area contributed by atoms with Crippen LogP contribution in [0, 0.1) is 5.82 Å². The van der Waals surface area contributed by atoms with Crippen molar-refractivity contribution in [2.45, 2.75) is 31.2 Å². The summed E-state index contributed by atoms with van der Waals surface area (Å²) >= 11 is 3.12. The third-order valence-electron chi connectivity index (χ3n) is 4.84. The van der Waals surface area contributed by atoms with Crippen LogP contribution in [-0.4, -0.2) is 32.7 Å². The zero-order valence-corrected chi connectivity index (χ0v) is 18.8. The number of thiazole rings is 1. The molecule has 0 aliphatic carbocycles. The number of halogens is 1. The van der Waals surface area contributed by atoms with Crippen molar-refractivity contribution in [3.05, 3.63) is 72.6 Å². The van der Waals surface area contributed by atoms with Crippen LogP contribution in [0.3, 0.4) is 0 Å². The molecule has 0 spiro atoms. The summed E-state index contributed by atoms with van der Waals surface area (Å²) in [6, 6.07) is 13.0. The van der Waals surface area contributed by atoms with Crippen LogP contribution < -0.4 is 4.90 Å². The molecule has 31 heavy (non-hydrogen) atoms. The van der Waals surface area contributed by atoms with Gasteiger partial charge >= 0.3 is 0 Å². The summed E-state index contributed by atoms with van der Waals surface area (Å²) in [5, 5.41) is 0.536. The Kier molecular flexibility index (Phi) is 6.99. The first kappa shape index (κ1) is 21.5. The molecule has 0 N–H and O–H groups in total. The number of thioether (sulfide) groups is 1. The normalized spacial score (nSPS) is 11.2. The third-order valence-corrected chi connectivity index (χ3v) is 6.78. The maximum atomic E-state index is 14.2. The standard InChI is InChI=1S/C23H23FN4OS2/c1-2-30-18-9-7-17(8-10-18)15-21(29)28(13-4-12-27-14-11-25-16-27)23-26-22-19(24)5-3-6-20(22)31-23/h3,5-11,14,16H,2,4,12-13,15H2,1H3. The molecule has 0 saturated carbocycles. The molecule has 0 atom stereocenters. The lowest BCUT2D eigenvalue weighted by atomic mass is 10.1. The number of para-hydroxylation sites is 1. The van der Waals surface area contributed by atoms with Crippen LogP contribution in [0.5, 0.6) is 0 Å². The van der Waals surface area contributed by atoms with E-state index in [1.165, 1.54) is 22.3 Å². The van der Waals surface area contributed by atoms with Crippen LogP contribution in [0.2, 0.25) is 0 Å². The number of amides is 1. The van der Waals surface area contributed by atoms with Gasteiger partial charge in [-0.1, -0.05) is 36.5 Å². The number of hydrogen-bond donors (Lipinski definition) is 0. The van der Waals surface area contributed by atoms with Crippen LogP contribution in [0.1, 0.15) is 18.9 Å². The zero-order chi connectivity index (χ0) is 21.6. The fraction of sp³-hybridized carbons (Fsp3) is 0.261. The smallest absolute Gasteiger partial charge is 0.233 e. The van der Waals surface area contributed by atoms with Crippen molar-refractivity contribution in [1.82, 2.24) is 14.5 Å². The molecule has 4 rings (SSSR count). The lowest BCUT2D eigenvalue weighted by Gasteiger charge is -2.20. The number of carbonyl (C=O) groups is 1. The van der Waals surface area contributed by atoms with Gasteiger partial charge in [-0.15, -0.1) is 11.8 Å². The van der Waals surface area contributed by atoms with Crippen molar-refractivity contribution >= 4 is 44.4 Å². The van der Waals surface area contributed by atoms with Gasteiger partial charge in [-0.2, -0.15) is 0 Å². The maximum Gasteiger partial charge on any atom is 0.233 e. The maximum absolute atomic E-state index is 14.2. The number of aryl methyl sites for hydroxylation is 1. The van der Waals surface area contributed by atoms with E-state index >= 15 is 0 Å². The van der Waals surface area contributed by atoms with E-state index in [0.29, 0.717) is 17.2 Å². The summed E-state index contributed by atoms with van der Waals surface area (Å²) in [6.45, 7) is 3.36. The number of hydrogen-bond acceptors (Lipinski definition) is 5. The molecule has 0 fully saturated rings. The Morgan fingerprint density at radius 1 is 1.23 bits per heavy atom. The van der Waals surface area contributed by atoms with Crippen molar-refractivity contribution < 1.29 is 9.18 Å². The summed E-state index contributed by atoms with van der Waals surface area (Å²) in [4.78, 5) is 24.6. The molecular weight excluding hydrogens is 431 g/mol. The van der Waals surface area contributed by atoms with Gasteiger partial charge in [-0.25, -0.2) is 14.4 Å². The highest BCUT2D eigenvalue weighted by Gasteiger charge is 2.21. The Morgan fingerprint density at radius 3 is 2.77 bits per heavy atom. The molecule has 0 bridgehead atoms. The van der Waals surface area contributed by atoms with E-state index in [9.17, 15) is 9.18 Å². The van der Waals surface area contributed by atoms with E-state index in [1.807, 2.05) is 41.1 Å². The van der Waals surface area contributed by atoms with Gasteiger partial charge in [0.25, 0.3) is 0 Å². The molecule has 4 aromatic rings. The summed E-state index contributed by atoms with van der Waals surface area (Å²) in [5.74, 6) is 0.604. The second-order valence-electron chi connectivity index (χ2n) is 7.04. The van der Waals surface area contributed by atoms with Gasteiger partial charge in [0.1, 0.15) is 11.3 Å². The molecule has 2 aromatic heterocycles. The number of aromatic nitrogens is 3. The summed E-state index contributed by atoms with van der Waals surface area (Å²) in [6.07, 6.45) is 6.41. The number of rotatable bonds is 9. The number of carbonyl (C=O) groups excluding carboxylic acids is 1. The van der Waals surface area contributed by atoms with Crippen LogP contribution in [0.4, 0.5) is 9.52 Å². The number of benzene rings is 2. The lowest BCUT2D eigenvalue weighted by molar-refractivity contribution is -0.118. The van der Waals surface area contributed by atoms with Crippen LogP contribution >= 0.6 is 23.1 Å². The Hall–Kier alpha value is -2.71. The van der Waals surface area contributed by atoms with Crippen LogP contribution in [0.15, 0.2) is 66.1 Å². The minimum absolute atomic E-state index is 0.0408.